The smallest absolute Gasteiger partial charge is 0.244 e. The zero-order valence-corrected chi connectivity index (χ0v) is 25.5. The van der Waals surface area contributed by atoms with Crippen molar-refractivity contribution in [1.82, 2.24) is 10.2 Å². The predicted octanol–water partition coefficient (Wildman–Crippen LogP) is 4.14. The van der Waals surface area contributed by atoms with E-state index in [2.05, 4.69) is 26.6 Å². The third-order valence-electron chi connectivity index (χ3n) is 7.90. The standard InChI is InChI=1S/C30H36BrN3O5S/c1-5-39-19-13-11-18(12-14-19)32-26(36)22-23-28(38)34(21(16-35)17-9-7-6-8-10-17)25(27(37)33-29(2,3)4)30(23)15-20(31)24(22)40-30/h6-14,20-25,35H,5,15-16H2,1-4H3,(H,32,36)(H,33,37)/t20?,21-,22-,23+,24-,25?,30?/m1/s1. The first-order valence-electron chi connectivity index (χ1n) is 13.7. The summed E-state index contributed by atoms with van der Waals surface area (Å²) in [6, 6.07) is 14.9. The fraction of sp³-hybridized carbons (Fsp3) is 0.500. The Morgan fingerprint density at radius 3 is 2.42 bits per heavy atom. The van der Waals surface area contributed by atoms with Gasteiger partial charge in [0.2, 0.25) is 17.7 Å². The summed E-state index contributed by atoms with van der Waals surface area (Å²) in [5.41, 5.74) is 0.832. The van der Waals surface area contributed by atoms with Gasteiger partial charge in [-0.2, -0.15) is 0 Å². The Bertz CT molecular complexity index is 1270. The van der Waals surface area contributed by atoms with E-state index >= 15 is 0 Å². The topological polar surface area (TPSA) is 108 Å². The molecule has 1 spiro atoms. The van der Waals surface area contributed by atoms with E-state index < -0.39 is 34.2 Å². The molecule has 0 aliphatic carbocycles. The molecule has 3 unspecified atom stereocenters. The van der Waals surface area contributed by atoms with E-state index in [0.29, 0.717) is 24.5 Å². The number of benzene rings is 2. The predicted molar refractivity (Wildman–Crippen MR) is 159 cm³/mol. The van der Waals surface area contributed by atoms with Gasteiger partial charge in [0.25, 0.3) is 0 Å². The number of likely N-dealkylation sites (tertiary alicyclic amines) is 1. The Kier molecular flexibility index (Phi) is 7.98. The number of ether oxygens (including phenoxy) is 1. The maximum atomic E-state index is 14.4. The summed E-state index contributed by atoms with van der Waals surface area (Å²) in [6.45, 7) is 7.83. The molecule has 3 saturated heterocycles. The number of anilines is 1. The van der Waals surface area contributed by atoms with Crippen LogP contribution in [0, 0.1) is 11.8 Å². The SMILES string of the molecule is CCOc1ccc(NC(=O)[C@H]2[C@@H]3SC4(CC3Br)C(C(=O)NC(C)(C)C)N([C@H](CO)c3ccccc3)C(=O)[C@H]24)cc1. The van der Waals surface area contributed by atoms with E-state index in [1.807, 2.05) is 58.0 Å². The maximum Gasteiger partial charge on any atom is 0.244 e. The number of nitrogens with one attached hydrogen (secondary N) is 2. The highest BCUT2D eigenvalue weighted by atomic mass is 79.9. The lowest BCUT2D eigenvalue weighted by atomic mass is 9.70. The Morgan fingerprint density at radius 1 is 1.15 bits per heavy atom. The van der Waals surface area contributed by atoms with Gasteiger partial charge in [0, 0.05) is 21.3 Å². The van der Waals surface area contributed by atoms with Crippen LogP contribution >= 0.6 is 27.7 Å². The molecule has 8 nitrogen and oxygen atoms in total. The number of hydrogen-bond donors (Lipinski definition) is 3. The van der Waals surface area contributed by atoms with Gasteiger partial charge in [0.15, 0.2) is 0 Å². The molecular weight excluding hydrogens is 594 g/mol. The van der Waals surface area contributed by atoms with Crippen LogP contribution < -0.4 is 15.4 Å². The molecule has 3 aliphatic heterocycles. The third-order valence-corrected chi connectivity index (χ3v) is 11.1. The number of rotatable bonds is 8. The Hall–Kier alpha value is -2.56. The fourth-order valence-electron chi connectivity index (χ4n) is 6.50. The summed E-state index contributed by atoms with van der Waals surface area (Å²) in [5.74, 6) is -1.42. The lowest BCUT2D eigenvalue weighted by Crippen LogP contribution is -2.58. The van der Waals surface area contributed by atoms with Crippen LogP contribution in [0.4, 0.5) is 5.69 Å². The monoisotopic (exact) mass is 629 g/mol. The van der Waals surface area contributed by atoms with Gasteiger partial charge in [0.1, 0.15) is 11.8 Å². The van der Waals surface area contributed by atoms with Crippen molar-refractivity contribution in [2.45, 2.75) is 66.6 Å². The minimum absolute atomic E-state index is 0.0492. The average Bonchev–Trinajstić information content (AvgIpc) is 3.49. The van der Waals surface area contributed by atoms with E-state index in [0.717, 1.165) is 5.56 Å². The van der Waals surface area contributed by atoms with Crippen molar-refractivity contribution in [3.8, 4) is 5.75 Å². The second-order valence-electron chi connectivity index (χ2n) is 11.7. The number of amides is 3. The second kappa shape index (κ2) is 11.0. The van der Waals surface area contributed by atoms with Gasteiger partial charge in [-0.25, -0.2) is 0 Å². The van der Waals surface area contributed by atoms with Crippen LogP contribution in [0.1, 0.15) is 45.7 Å². The summed E-state index contributed by atoms with van der Waals surface area (Å²) < 4.78 is 4.70. The Morgan fingerprint density at radius 2 is 1.82 bits per heavy atom. The molecule has 3 amide bonds. The van der Waals surface area contributed by atoms with Gasteiger partial charge in [-0.1, -0.05) is 46.3 Å². The zero-order chi connectivity index (χ0) is 28.8. The van der Waals surface area contributed by atoms with Gasteiger partial charge >= 0.3 is 0 Å². The molecule has 3 heterocycles. The second-order valence-corrected chi connectivity index (χ2v) is 14.4. The molecule has 3 N–H and O–H groups in total. The molecule has 2 aromatic carbocycles. The molecule has 3 aliphatic rings. The first-order chi connectivity index (χ1) is 19.0. The fourth-order valence-corrected chi connectivity index (χ4v) is 10.1. The van der Waals surface area contributed by atoms with Crippen molar-refractivity contribution in [2.75, 3.05) is 18.5 Å². The number of thioether (sulfide) groups is 1. The molecule has 0 aromatic heterocycles. The van der Waals surface area contributed by atoms with Crippen LogP contribution in [-0.2, 0) is 14.4 Å². The molecule has 214 valence electrons. The van der Waals surface area contributed by atoms with Crippen molar-refractivity contribution in [1.29, 1.82) is 0 Å². The van der Waals surface area contributed by atoms with Crippen molar-refractivity contribution in [2.24, 2.45) is 11.8 Å². The lowest BCUT2D eigenvalue weighted by Gasteiger charge is -2.39. The number of carbonyl (C=O) groups is 3. The minimum atomic E-state index is -0.847. The minimum Gasteiger partial charge on any atom is -0.494 e. The largest absolute Gasteiger partial charge is 0.494 e. The molecule has 10 heteroatoms. The van der Waals surface area contributed by atoms with E-state index in [4.69, 9.17) is 4.74 Å². The first kappa shape index (κ1) is 29.0. The molecule has 0 radical (unpaired) electrons. The number of hydrogen-bond acceptors (Lipinski definition) is 6. The molecule has 2 aromatic rings. The van der Waals surface area contributed by atoms with E-state index in [-0.39, 0.29) is 34.4 Å². The van der Waals surface area contributed by atoms with Gasteiger partial charge in [0.05, 0.1) is 35.8 Å². The van der Waals surface area contributed by atoms with Crippen molar-refractivity contribution >= 4 is 51.1 Å². The van der Waals surface area contributed by atoms with Crippen molar-refractivity contribution in [3.63, 3.8) is 0 Å². The highest BCUT2D eigenvalue weighted by Crippen LogP contribution is 2.68. The number of halogens is 1. The summed E-state index contributed by atoms with van der Waals surface area (Å²) >= 11 is 5.37. The summed E-state index contributed by atoms with van der Waals surface area (Å²) in [7, 11) is 0. The Labute approximate surface area is 247 Å². The maximum absolute atomic E-state index is 14.4. The molecule has 40 heavy (non-hydrogen) atoms. The average molecular weight is 631 g/mol. The Balaban J connectivity index is 1.53. The number of carbonyl (C=O) groups excluding carboxylic acids is 3. The highest BCUT2D eigenvalue weighted by Gasteiger charge is 2.76. The van der Waals surface area contributed by atoms with E-state index in [1.165, 1.54) is 0 Å². The van der Waals surface area contributed by atoms with Crippen LogP contribution in [0.15, 0.2) is 54.6 Å². The summed E-state index contributed by atoms with van der Waals surface area (Å²) in [6.07, 6.45) is 0.567. The van der Waals surface area contributed by atoms with Gasteiger partial charge in [-0.15, -0.1) is 11.8 Å². The third kappa shape index (κ3) is 5.03. The van der Waals surface area contributed by atoms with Crippen LogP contribution in [0.2, 0.25) is 0 Å². The number of fused-ring (bicyclic) bond motifs is 1. The van der Waals surface area contributed by atoms with Crippen molar-refractivity contribution in [3.05, 3.63) is 60.2 Å². The molecular formula is C30H36BrN3O5S. The van der Waals surface area contributed by atoms with E-state index in [1.54, 1.807) is 40.9 Å². The normalized spacial score (nSPS) is 29.7. The van der Waals surface area contributed by atoms with Crippen LogP contribution in [0.25, 0.3) is 0 Å². The lowest BCUT2D eigenvalue weighted by molar-refractivity contribution is -0.142. The molecule has 2 bridgehead atoms. The van der Waals surface area contributed by atoms with Gasteiger partial charge in [-0.3, -0.25) is 14.4 Å². The van der Waals surface area contributed by atoms with Crippen LogP contribution in [0.5, 0.6) is 5.75 Å². The molecule has 3 fully saturated rings. The summed E-state index contributed by atoms with van der Waals surface area (Å²) in [4.78, 5) is 43.8. The van der Waals surface area contributed by atoms with Crippen molar-refractivity contribution < 1.29 is 24.2 Å². The molecule has 0 saturated carbocycles. The number of nitrogens with zero attached hydrogens (tertiary/aromatic N) is 1. The van der Waals surface area contributed by atoms with Crippen LogP contribution in [0.3, 0.4) is 0 Å². The number of aliphatic hydroxyl groups is 1. The van der Waals surface area contributed by atoms with E-state index in [9.17, 15) is 19.5 Å². The molecule has 7 atom stereocenters. The van der Waals surface area contributed by atoms with Gasteiger partial charge < -0.3 is 25.4 Å². The quantitative estimate of drug-likeness (QED) is 0.379. The van der Waals surface area contributed by atoms with Crippen LogP contribution in [-0.4, -0.2) is 67.3 Å². The first-order valence-corrected chi connectivity index (χ1v) is 15.5. The molecule has 5 rings (SSSR count). The van der Waals surface area contributed by atoms with Gasteiger partial charge in [-0.05, 0) is 63.9 Å². The number of alkyl halides is 1. The zero-order valence-electron chi connectivity index (χ0n) is 23.1. The number of aliphatic hydroxyl groups excluding tert-OH is 1. The summed E-state index contributed by atoms with van der Waals surface area (Å²) in [5, 5.41) is 16.5. The highest BCUT2D eigenvalue weighted by molar-refractivity contribution is 9.09.